The largest absolute Gasteiger partial charge is 0.338 e. The third kappa shape index (κ3) is 5.04. The highest BCUT2D eigenvalue weighted by atomic mass is 16.2. The first-order valence-electron chi connectivity index (χ1n) is 8.21. The second-order valence-electron chi connectivity index (χ2n) is 6.78. The zero-order valence-electron chi connectivity index (χ0n) is 12.7. The molecular formula is C16H30N2O. The Balaban J connectivity index is 1.66. The minimum Gasteiger partial charge on any atom is -0.338 e. The summed E-state index contributed by atoms with van der Waals surface area (Å²) in [6, 6.07) is 0.714. The molecule has 0 aromatic carbocycles. The van der Waals surface area contributed by atoms with Crippen LogP contribution in [0.15, 0.2) is 0 Å². The second-order valence-corrected chi connectivity index (χ2v) is 6.78. The molecule has 0 spiro atoms. The monoisotopic (exact) mass is 266 g/mol. The number of carbonyl (C=O) groups is 1. The molecule has 0 atom stereocenters. The smallest absolute Gasteiger partial charge is 0.317 e. The van der Waals surface area contributed by atoms with Crippen molar-refractivity contribution in [3.63, 3.8) is 0 Å². The van der Waals surface area contributed by atoms with Gasteiger partial charge in [0.15, 0.2) is 0 Å². The van der Waals surface area contributed by atoms with Gasteiger partial charge in [-0.15, -0.1) is 0 Å². The highest BCUT2D eigenvalue weighted by molar-refractivity contribution is 5.74. The molecule has 19 heavy (non-hydrogen) atoms. The van der Waals surface area contributed by atoms with E-state index in [0.717, 1.165) is 25.4 Å². The van der Waals surface area contributed by atoms with E-state index < -0.39 is 0 Å². The summed E-state index contributed by atoms with van der Waals surface area (Å²) < 4.78 is 0. The highest BCUT2D eigenvalue weighted by Crippen LogP contribution is 2.28. The van der Waals surface area contributed by atoms with Gasteiger partial charge in [0, 0.05) is 19.1 Å². The van der Waals surface area contributed by atoms with Crippen molar-refractivity contribution in [3.8, 4) is 0 Å². The van der Waals surface area contributed by atoms with Gasteiger partial charge in [-0.05, 0) is 37.5 Å². The molecule has 0 saturated heterocycles. The van der Waals surface area contributed by atoms with Crippen LogP contribution in [0, 0.1) is 11.8 Å². The van der Waals surface area contributed by atoms with Crippen molar-refractivity contribution in [1.82, 2.24) is 10.2 Å². The van der Waals surface area contributed by atoms with Crippen molar-refractivity contribution in [3.05, 3.63) is 0 Å². The molecule has 0 aliphatic heterocycles. The third-order valence-corrected chi connectivity index (χ3v) is 4.50. The molecule has 0 radical (unpaired) electrons. The lowest BCUT2D eigenvalue weighted by molar-refractivity contribution is 0.191. The van der Waals surface area contributed by atoms with Crippen LogP contribution in [0.2, 0.25) is 0 Å². The first-order valence-corrected chi connectivity index (χ1v) is 8.21. The van der Waals surface area contributed by atoms with Crippen LogP contribution < -0.4 is 5.32 Å². The van der Waals surface area contributed by atoms with Crippen LogP contribution in [-0.4, -0.2) is 30.1 Å². The predicted octanol–water partition coefficient (Wildman–Crippen LogP) is 3.79. The van der Waals surface area contributed by atoms with Gasteiger partial charge in [-0.3, -0.25) is 0 Å². The van der Waals surface area contributed by atoms with Crippen LogP contribution in [0.4, 0.5) is 4.79 Å². The Hall–Kier alpha value is -0.730. The van der Waals surface area contributed by atoms with Gasteiger partial charge in [-0.2, -0.15) is 0 Å². The van der Waals surface area contributed by atoms with E-state index in [4.69, 9.17) is 0 Å². The van der Waals surface area contributed by atoms with Crippen molar-refractivity contribution < 1.29 is 4.79 Å². The third-order valence-electron chi connectivity index (χ3n) is 4.50. The standard InChI is InChI=1S/C16H30N2O/c1-13(2)10-12-18(15-7-8-15)16(19)17-11-9-14-5-3-4-6-14/h13-15H,3-12H2,1-2H3,(H,17,19). The normalized spacial score (nSPS) is 19.9. The summed E-state index contributed by atoms with van der Waals surface area (Å²) in [6.45, 7) is 6.25. The molecule has 3 nitrogen and oxygen atoms in total. The van der Waals surface area contributed by atoms with Crippen molar-refractivity contribution in [1.29, 1.82) is 0 Å². The Kier molecular flexibility index (Phi) is 5.53. The van der Waals surface area contributed by atoms with E-state index in [2.05, 4.69) is 24.1 Å². The molecule has 2 amide bonds. The Morgan fingerprint density at radius 3 is 2.47 bits per heavy atom. The van der Waals surface area contributed by atoms with Crippen molar-refractivity contribution in [2.24, 2.45) is 11.8 Å². The second kappa shape index (κ2) is 7.16. The zero-order chi connectivity index (χ0) is 13.7. The maximum atomic E-state index is 12.2. The number of rotatable bonds is 7. The van der Waals surface area contributed by atoms with E-state index in [-0.39, 0.29) is 6.03 Å². The molecule has 2 aliphatic rings. The average Bonchev–Trinajstić information content (AvgIpc) is 3.06. The molecule has 2 aliphatic carbocycles. The van der Waals surface area contributed by atoms with Crippen molar-refractivity contribution in [2.75, 3.05) is 13.1 Å². The summed E-state index contributed by atoms with van der Waals surface area (Å²) in [4.78, 5) is 14.3. The number of nitrogens with zero attached hydrogens (tertiary/aromatic N) is 1. The fraction of sp³-hybridized carbons (Fsp3) is 0.938. The number of amides is 2. The van der Waals surface area contributed by atoms with Gasteiger partial charge in [0.2, 0.25) is 0 Å². The minimum absolute atomic E-state index is 0.182. The molecule has 3 heteroatoms. The number of urea groups is 1. The van der Waals surface area contributed by atoms with E-state index in [1.807, 2.05) is 0 Å². The molecule has 2 fully saturated rings. The number of hydrogen-bond acceptors (Lipinski definition) is 1. The summed E-state index contributed by atoms with van der Waals surface area (Å²) in [6.07, 6.45) is 10.2. The summed E-state index contributed by atoms with van der Waals surface area (Å²) in [5.74, 6) is 1.54. The fourth-order valence-corrected chi connectivity index (χ4v) is 3.02. The number of nitrogens with one attached hydrogen (secondary N) is 1. The SMILES string of the molecule is CC(C)CCN(C(=O)NCCC1CCCC1)C1CC1. The van der Waals surface area contributed by atoms with E-state index in [1.165, 1.54) is 44.9 Å². The lowest BCUT2D eigenvalue weighted by Gasteiger charge is -2.24. The zero-order valence-corrected chi connectivity index (χ0v) is 12.7. The Morgan fingerprint density at radius 2 is 1.89 bits per heavy atom. The summed E-state index contributed by atoms with van der Waals surface area (Å²) in [5.41, 5.74) is 0. The van der Waals surface area contributed by atoms with E-state index >= 15 is 0 Å². The number of hydrogen-bond donors (Lipinski definition) is 1. The molecule has 0 aromatic heterocycles. The molecule has 1 N–H and O–H groups in total. The summed E-state index contributed by atoms with van der Waals surface area (Å²) in [5, 5.41) is 3.14. The van der Waals surface area contributed by atoms with Gasteiger partial charge in [0.25, 0.3) is 0 Å². The Morgan fingerprint density at radius 1 is 1.21 bits per heavy atom. The first kappa shape index (κ1) is 14.7. The van der Waals surface area contributed by atoms with E-state index in [1.54, 1.807) is 0 Å². The molecule has 0 bridgehead atoms. The predicted molar refractivity (Wildman–Crippen MR) is 79.2 cm³/mol. The van der Waals surface area contributed by atoms with Crippen LogP contribution in [-0.2, 0) is 0 Å². The molecule has 2 rings (SSSR count). The van der Waals surface area contributed by atoms with E-state index in [9.17, 15) is 4.79 Å². The quantitative estimate of drug-likeness (QED) is 0.747. The van der Waals surface area contributed by atoms with Gasteiger partial charge in [0.1, 0.15) is 0 Å². The highest BCUT2D eigenvalue weighted by Gasteiger charge is 2.32. The Bertz CT molecular complexity index is 280. The van der Waals surface area contributed by atoms with Crippen LogP contribution in [0.5, 0.6) is 0 Å². The van der Waals surface area contributed by atoms with Crippen LogP contribution in [0.1, 0.15) is 65.2 Å². The van der Waals surface area contributed by atoms with Crippen LogP contribution >= 0.6 is 0 Å². The van der Waals surface area contributed by atoms with Crippen LogP contribution in [0.25, 0.3) is 0 Å². The number of carbonyl (C=O) groups excluding carboxylic acids is 1. The molecular weight excluding hydrogens is 236 g/mol. The molecule has 2 saturated carbocycles. The lowest BCUT2D eigenvalue weighted by atomic mass is 10.0. The minimum atomic E-state index is 0.182. The fourth-order valence-electron chi connectivity index (χ4n) is 3.02. The van der Waals surface area contributed by atoms with Gasteiger partial charge in [-0.1, -0.05) is 39.5 Å². The first-order chi connectivity index (χ1) is 9.16. The lowest BCUT2D eigenvalue weighted by Crippen LogP contribution is -2.42. The molecule has 0 unspecified atom stereocenters. The maximum absolute atomic E-state index is 12.2. The van der Waals surface area contributed by atoms with Crippen molar-refractivity contribution in [2.45, 2.75) is 71.3 Å². The Labute approximate surface area is 118 Å². The van der Waals surface area contributed by atoms with Gasteiger partial charge in [-0.25, -0.2) is 4.79 Å². The van der Waals surface area contributed by atoms with Gasteiger partial charge in [0.05, 0.1) is 0 Å². The summed E-state index contributed by atoms with van der Waals surface area (Å²) in [7, 11) is 0. The molecule has 0 heterocycles. The van der Waals surface area contributed by atoms with Gasteiger partial charge < -0.3 is 10.2 Å². The molecule has 110 valence electrons. The average molecular weight is 266 g/mol. The van der Waals surface area contributed by atoms with Gasteiger partial charge >= 0.3 is 6.03 Å². The van der Waals surface area contributed by atoms with Crippen molar-refractivity contribution >= 4 is 6.03 Å². The topological polar surface area (TPSA) is 32.3 Å². The van der Waals surface area contributed by atoms with Crippen LogP contribution in [0.3, 0.4) is 0 Å². The molecule has 0 aromatic rings. The van der Waals surface area contributed by atoms with E-state index in [0.29, 0.717) is 12.0 Å². The summed E-state index contributed by atoms with van der Waals surface area (Å²) >= 11 is 0. The maximum Gasteiger partial charge on any atom is 0.317 e.